The summed E-state index contributed by atoms with van der Waals surface area (Å²) in [5.74, 6) is 0.231. The number of nitriles is 1. The molecule has 0 radical (unpaired) electrons. The fourth-order valence-electron chi connectivity index (χ4n) is 1.39. The van der Waals surface area contributed by atoms with Crippen LogP contribution in [0.1, 0.15) is 25.7 Å². The Morgan fingerprint density at radius 3 is 2.50 bits per heavy atom. The number of hydrogen-bond acceptors (Lipinski definition) is 3. The van der Waals surface area contributed by atoms with Crippen LogP contribution in [-0.4, -0.2) is 10.9 Å². The summed E-state index contributed by atoms with van der Waals surface area (Å²) < 4.78 is 0. The van der Waals surface area contributed by atoms with E-state index in [4.69, 9.17) is 10.5 Å². The van der Waals surface area contributed by atoms with Crippen molar-refractivity contribution in [2.75, 3.05) is 0 Å². The summed E-state index contributed by atoms with van der Waals surface area (Å²) in [5.41, 5.74) is 0.303. The number of oxime groups is 1. The zero-order valence-electron chi connectivity index (χ0n) is 5.75. The summed E-state index contributed by atoms with van der Waals surface area (Å²) in [6.45, 7) is 0. The Morgan fingerprint density at radius 1 is 1.50 bits per heavy atom. The summed E-state index contributed by atoms with van der Waals surface area (Å²) in [6.07, 6.45) is 4.33. The highest BCUT2D eigenvalue weighted by Gasteiger charge is 2.20. The van der Waals surface area contributed by atoms with E-state index in [2.05, 4.69) is 5.16 Å². The minimum atomic E-state index is 0.231. The Kier molecular flexibility index (Phi) is 2.27. The molecular formula is C7H10N2O. The van der Waals surface area contributed by atoms with Crippen LogP contribution in [0, 0.1) is 17.2 Å². The van der Waals surface area contributed by atoms with Gasteiger partial charge in [-0.2, -0.15) is 5.26 Å². The highest BCUT2D eigenvalue weighted by Crippen LogP contribution is 2.25. The average Bonchev–Trinajstić information content (AvgIpc) is 2.43. The monoisotopic (exact) mass is 138 g/mol. The lowest BCUT2D eigenvalue weighted by molar-refractivity contribution is 0.316. The zero-order valence-corrected chi connectivity index (χ0v) is 5.75. The van der Waals surface area contributed by atoms with Gasteiger partial charge >= 0.3 is 0 Å². The van der Waals surface area contributed by atoms with E-state index >= 15 is 0 Å². The third kappa shape index (κ3) is 1.27. The van der Waals surface area contributed by atoms with Crippen molar-refractivity contribution in [1.29, 1.82) is 5.26 Å². The van der Waals surface area contributed by atoms with Crippen molar-refractivity contribution in [2.24, 2.45) is 11.1 Å². The van der Waals surface area contributed by atoms with Gasteiger partial charge in [0.05, 0.1) is 0 Å². The summed E-state index contributed by atoms with van der Waals surface area (Å²) in [5, 5.41) is 19.7. The molecule has 0 aromatic rings. The van der Waals surface area contributed by atoms with E-state index in [1.54, 1.807) is 0 Å². The molecule has 1 aliphatic carbocycles. The molecule has 0 aromatic carbocycles. The molecule has 3 nitrogen and oxygen atoms in total. The van der Waals surface area contributed by atoms with Gasteiger partial charge in [0.2, 0.25) is 0 Å². The Bertz CT molecular complexity index is 175. The normalized spacial score (nSPS) is 20.9. The van der Waals surface area contributed by atoms with Gasteiger partial charge in [-0.05, 0) is 12.8 Å². The maximum absolute atomic E-state index is 8.45. The molecule has 0 unspecified atom stereocenters. The van der Waals surface area contributed by atoms with Crippen LogP contribution in [0.5, 0.6) is 0 Å². The van der Waals surface area contributed by atoms with Crippen LogP contribution >= 0.6 is 0 Å². The molecule has 0 aromatic heterocycles. The molecule has 0 saturated heterocycles. The van der Waals surface area contributed by atoms with Gasteiger partial charge in [0.15, 0.2) is 5.71 Å². The maximum atomic E-state index is 8.45. The van der Waals surface area contributed by atoms with Gasteiger partial charge in [-0.15, -0.1) is 0 Å². The van der Waals surface area contributed by atoms with Gasteiger partial charge in [-0.25, -0.2) is 0 Å². The first-order valence-electron chi connectivity index (χ1n) is 3.50. The van der Waals surface area contributed by atoms with Crippen LogP contribution in [0.15, 0.2) is 5.16 Å². The van der Waals surface area contributed by atoms with Crippen LogP contribution in [0.3, 0.4) is 0 Å². The fourth-order valence-corrected chi connectivity index (χ4v) is 1.39. The third-order valence-corrected chi connectivity index (χ3v) is 1.96. The molecule has 1 aliphatic rings. The molecule has 0 amide bonds. The summed E-state index contributed by atoms with van der Waals surface area (Å²) >= 11 is 0. The molecule has 0 atom stereocenters. The Labute approximate surface area is 60.0 Å². The SMILES string of the molecule is N#CC(=NO)C1CCCC1. The predicted molar refractivity (Wildman–Crippen MR) is 36.8 cm³/mol. The topological polar surface area (TPSA) is 56.4 Å². The van der Waals surface area contributed by atoms with E-state index < -0.39 is 0 Å². The van der Waals surface area contributed by atoms with E-state index in [9.17, 15) is 0 Å². The zero-order chi connectivity index (χ0) is 7.40. The highest BCUT2D eigenvalue weighted by molar-refractivity contribution is 5.99. The van der Waals surface area contributed by atoms with E-state index in [1.165, 1.54) is 0 Å². The minimum Gasteiger partial charge on any atom is -0.410 e. The van der Waals surface area contributed by atoms with Gasteiger partial charge < -0.3 is 5.21 Å². The molecule has 0 bridgehead atoms. The van der Waals surface area contributed by atoms with E-state index in [0.717, 1.165) is 25.7 Å². The minimum absolute atomic E-state index is 0.231. The number of hydrogen-bond donors (Lipinski definition) is 1. The smallest absolute Gasteiger partial charge is 0.159 e. The van der Waals surface area contributed by atoms with Crippen LogP contribution in [-0.2, 0) is 0 Å². The number of rotatable bonds is 1. The van der Waals surface area contributed by atoms with Crippen molar-refractivity contribution in [3.8, 4) is 6.07 Å². The van der Waals surface area contributed by atoms with Crippen molar-refractivity contribution in [1.82, 2.24) is 0 Å². The Morgan fingerprint density at radius 2 is 2.10 bits per heavy atom. The first-order valence-corrected chi connectivity index (χ1v) is 3.50. The Balaban J connectivity index is 2.55. The van der Waals surface area contributed by atoms with Gasteiger partial charge in [-0.3, -0.25) is 0 Å². The second-order valence-electron chi connectivity index (χ2n) is 2.58. The Hall–Kier alpha value is -1.04. The molecule has 1 N–H and O–H groups in total. The molecule has 1 fully saturated rings. The predicted octanol–water partition coefficient (Wildman–Crippen LogP) is 1.53. The summed E-state index contributed by atoms with van der Waals surface area (Å²) in [7, 11) is 0. The number of nitrogens with zero attached hydrogens (tertiary/aromatic N) is 2. The van der Waals surface area contributed by atoms with Gasteiger partial charge in [0.25, 0.3) is 0 Å². The fraction of sp³-hybridized carbons (Fsp3) is 0.714. The van der Waals surface area contributed by atoms with Crippen molar-refractivity contribution in [3.63, 3.8) is 0 Å². The van der Waals surface area contributed by atoms with Crippen LogP contribution < -0.4 is 0 Å². The lowest BCUT2D eigenvalue weighted by Gasteiger charge is -2.01. The summed E-state index contributed by atoms with van der Waals surface area (Å²) in [4.78, 5) is 0. The van der Waals surface area contributed by atoms with Crippen molar-refractivity contribution in [2.45, 2.75) is 25.7 Å². The van der Waals surface area contributed by atoms with E-state index in [0.29, 0.717) is 5.71 Å². The maximum Gasteiger partial charge on any atom is 0.159 e. The van der Waals surface area contributed by atoms with Gasteiger partial charge in [0, 0.05) is 5.92 Å². The highest BCUT2D eigenvalue weighted by atomic mass is 16.4. The molecule has 3 heteroatoms. The van der Waals surface area contributed by atoms with Crippen LogP contribution in [0.2, 0.25) is 0 Å². The van der Waals surface area contributed by atoms with Crippen LogP contribution in [0.25, 0.3) is 0 Å². The molecule has 0 heterocycles. The third-order valence-electron chi connectivity index (χ3n) is 1.96. The van der Waals surface area contributed by atoms with Crippen molar-refractivity contribution in [3.05, 3.63) is 0 Å². The molecule has 54 valence electrons. The summed E-state index contributed by atoms with van der Waals surface area (Å²) in [6, 6.07) is 1.89. The molecule has 1 saturated carbocycles. The molecule has 1 rings (SSSR count). The standard InChI is InChI=1S/C7H10N2O/c8-5-7(9-10)6-3-1-2-4-6/h6,10H,1-4H2. The van der Waals surface area contributed by atoms with E-state index in [1.807, 2.05) is 6.07 Å². The van der Waals surface area contributed by atoms with E-state index in [-0.39, 0.29) is 5.92 Å². The lowest BCUT2D eigenvalue weighted by atomic mass is 10.0. The average molecular weight is 138 g/mol. The molecular weight excluding hydrogens is 128 g/mol. The lowest BCUT2D eigenvalue weighted by Crippen LogP contribution is -2.07. The molecule has 10 heavy (non-hydrogen) atoms. The first-order chi connectivity index (χ1) is 4.88. The molecule has 0 spiro atoms. The largest absolute Gasteiger partial charge is 0.410 e. The molecule has 0 aliphatic heterocycles. The van der Waals surface area contributed by atoms with Crippen LogP contribution in [0.4, 0.5) is 0 Å². The quantitative estimate of drug-likeness (QED) is 0.339. The van der Waals surface area contributed by atoms with Gasteiger partial charge in [0.1, 0.15) is 6.07 Å². The van der Waals surface area contributed by atoms with Gasteiger partial charge in [-0.1, -0.05) is 18.0 Å². The van der Waals surface area contributed by atoms with Crippen molar-refractivity contribution < 1.29 is 5.21 Å². The second-order valence-corrected chi connectivity index (χ2v) is 2.58. The first kappa shape index (κ1) is 7.07. The van der Waals surface area contributed by atoms with Crippen molar-refractivity contribution >= 4 is 5.71 Å². The second kappa shape index (κ2) is 3.21.